The van der Waals surface area contributed by atoms with E-state index in [1.54, 1.807) is 38.3 Å². The first-order valence-corrected chi connectivity index (χ1v) is 8.71. The number of aromatic nitrogens is 2. The minimum absolute atomic E-state index is 0.335. The summed E-state index contributed by atoms with van der Waals surface area (Å²) in [6.07, 6.45) is 0. The van der Waals surface area contributed by atoms with Gasteiger partial charge in [-0.3, -0.25) is 9.59 Å². The standard InChI is InChI=1S/C21H21N3O4/c1-14(21(26)22-16-7-5-4-6-8-16)24-19(25)13-18(28-3)20(23-24)15-9-11-17(27-2)12-10-15/h4-14H,1-3H3,(H,22,26). The average molecular weight is 379 g/mol. The molecule has 7 nitrogen and oxygen atoms in total. The number of para-hydroxylation sites is 1. The number of methoxy groups -OCH3 is 2. The lowest BCUT2D eigenvalue weighted by molar-refractivity contribution is -0.119. The molecule has 1 heterocycles. The molecule has 3 aromatic rings. The number of benzene rings is 2. The Balaban J connectivity index is 1.96. The van der Waals surface area contributed by atoms with E-state index in [-0.39, 0.29) is 5.91 Å². The van der Waals surface area contributed by atoms with E-state index in [0.29, 0.717) is 22.9 Å². The summed E-state index contributed by atoms with van der Waals surface area (Å²) in [6.45, 7) is 1.62. The second-order valence-electron chi connectivity index (χ2n) is 6.10. The van der Waals surface area contributed by atoms with Crippen molar-refractivity contribution in [2.45, 2.75) is 13.0 Å². The molecule has 1 unspecified atom stereocenters. The molecule has 1 N–H and O–H groups in total. The Hall–Kier alpha value is -3.61. The van der Waals surface area contributed by atoms with E-state index in [1.165, 1.54) is 13.2 Å². The molecule has 0 radical (unpaired) electrons. The summed E-state index contributed by atoms with van der Waals surface area (Å²) in [6, 6.07) is 16.8. The van der Waals surface area contributed by atoms with E-state index in [4.69, 9.17) is 9.47 Å². The molecule has 28 heavy (non-hydrogen) atoms. The molecule has 0 bridgehead atoms. The topological polar surface area (TPSA) is 82.5 Å². The van der Waals surface area contributed by atoms with Crippen molar-refractivity contribution in [2.75, 3.05) is 19.5 Å². The highest BCUT2D eigenvalue weighted by Crippen LogP contribution is 2.28. The molecular weight excluding hydrogens is 358 g/mol. The second-order valence-corrected chi connectivity index (χ2v) is 6.10. The lowest BCUT2D eigenvalue weighted by atomic mass is 10.1. The van der Waals surface area contributed by atoms with Crippen molar-refractivity contribution in [3.63, 3.8) is 0 Å². The molecule has 7 heteroatoms. The monoisotopic (exact) mass is 379 g/mol. The van der Waals surface area contributed by atoms with Gasteiger partial charge in [0.1, 0.15) is 17.5 Å². The fraction of sp³-hybridized carbons (Fsp3) is 0.190. The fourth-order valence-electron chi connectivity index (χ4n) is 2.71. The summed E-state index contributed by atoms with van der Waals surface area (Å²) in [7, 11) is 3.06. The van der Waals surface area contributed by atoms with Crippen LogP contribution >= 0.6 is 0 Å². The van der Waals surface area contributed by atoms with Crippen molar-refractivity contribution < 1.29 is 14.3 Å². The van der Waals surface area contributed by atoms with Gasteiger partial charge in [-0.2, -0.15) is 5.10 Å². The van der Waals surface area contributed by atoms with Crippen molar-refractivity contribution in [2.24, 2.45) is 0 Å². The number of anilines is 1. The quantitative estimate of drug-likeness (QED) is 0.712. The van der Waals surface area contributed by atoms with E-state index < -0.39 is 11.6 Å². The van der Waals surface area contributed by atoms with Gasteiger partial charge in [-0.15, -0.1) is 0 Å². The fourth-order valence-corrected chi connectivity index (χ4v) is 2.71. The highest BCUT2D eigenvalue weighted by Gasteiger charge is 2.20. The van der Waals surface area contributed by atoms with Crippen LogP contribution in [0.25, 0.3) is 11.3 Å². The lowest BCUT2D eigenvalue weighted by Crippen LogP contribution is -2.33. The smallest absolute Gasteiger partial charge is 0.271 e. The highest BCUT2D eigenvalue weighted by atomic mass is 16.5. The highest BCUT2D eigenvalue weighted by molar-refractivity contribution is 5.93. The molecule has 0 fully saturated rings. The van der Waals surface area contributed by atoms with Gasteiger partial charge in [0.2, 0.25) is 5.91 Å². The summed E-state index contributed by atoms with van der Waals surface area (Å²) in [5.74, 6) is 0.695. The first-order chi connectivity index (χ1) is 13.5. The average Bonchev–Trinajstić information content (AvgIpc) is 2.73. The summed E-state index contributed by atoms with van der Waals surface area (Å²) in [5, 5.41) is 7.19. The zero-order valence-corrected chi connectivity index (χ0v) is 15.9. The third-order valence-electron chi connectivity index (χ3n) is 4.29. The maximum Gasteiger partial charge on any atom is 0.271 e. The summed E-state index contributed by atoms with van der Waals surface area (Å²) in [4.78, 5) is 25.1. The minimum atomic E-state index is -0.810. The van der Waals surface area contributed by atoms with Crippen LogP contribution in [0.15, 0.2) is 65.5 Å². The number of hydrogen-bond donors (Lipinski definition) is 1. The third kappa shape index (κ3) is 4.03. The number of rotatable bonds is 6. The van der Waals surface area contributed by atoms with E-state index in [0.717, 1.165) is 10.2 Å². The largest absolute Gasteiger partial charge is 0.497 e. The predicted octanol–water partition coefficient (Wildman–Crippen LogP) is 3.13. The maximum absolute atomic E-state index is 12.6. The normalized spacial score (nSPS) is 11.5. The number of nitrogens with one attached hydrogen (secondary N) is 1. The van der Waals surface area contributed by atoms with Crippen LogP contribution in [0.5, 0.6) is 11.5 Å². The Labute approximate surface area is 162 Å². The van der Waals surface area contributed by atoms with Crippen LogP contribution in [0.2, 0.25) is 0 Å². The Morgan fingerprint density at radius 1 is 1.04 bits per heavy atom. The van der Waals surface area contributed by atoms with Gasteiger partial charge in [-0.25, -0.2) is 4.68 Å². The number of hydrogen-bond acceptors (Lipinski definition) is 5. The van der Waals surface area contributed by atoms with Gasteiger partial charge in [0.05, 0.1) is 14.2 Å². The number of amides is 1. The van der Waals surface area contributed by atoms with Crippen LogP contribution < -0.4 is 20.3 Å². The number of carbonyl (C=O) groups is 1. The lowest BCUT2D eigenvalue weighted by Gasteiger charge is -2.17. The van der Waals surface area contributed by atoms with E-state index in [1.807, 2.05) is 30.3 Å². The van der Waals surface area contributed by atoms with Crippen LogP contribution in [0.4, 0.5) is 5.69 Å². The molecule has 0 spiro atoms. The van der Waals surface area contributed by atoms with Gasteiger partial charge >= 0.3 is 0 Å². The van der Waals surface area contributed by atoms with Gasteiger partial charge in [0.15, 0.2) is 5.75 Å². The van der Waals surface area contributed by atoms with Gasteiger partial charge in [-0.1, -0.05) is 18.2 Å². The molecule has 144 valence electrons. The summed E-state index contributed by atoms with van der Waals surface area (Å²) in [5.41, 5.74) is 1.42. The SMILES string of the molecule is COc1ccc(-c2nn(C(C)C(=O)Nc3ccccc3)c(=O)cc2OC)cc1. The molecule has 0 aliphatic heterocycles. The molecule has 0 saturated heterocycles. The van der Waals surface area contributed by atoms with Crippen LogP contribution in [-0.4, -0.2) is 29.9 Å². The van der Waals surface area contributed by atoms with Crippen molar-refractivity contribution in [1.29, 1.82) is 0 Å². The van der Waals surface area contributed by atoms with Crippen molar-refractivity contribution in [3.05, 3.63) is 71.0 Å². The molecule has 0 saturated carbocycles. The Morgan fingerprint density at radius 3 is 2.32 bits per heavy atom. The van der Waals surface area contributed by atoms with E-state index in [9.17, 15) is 9.59 Å². The molecule has 3 rings (SSSR count). The molecule has 1 amide bonds. The van der Waals surface area contributed by atoms with E-state index in [2.05, 4.69) is 10.4 Å². The van der Waals surface area contributed by atoms with Gasteiger partial charge in [0.25, 0.3) is 5.56 Å². The number of carbonyl (C=O) groups excluding carboxylic acids is 1. The number of nitrogens with zero attached hydrogens (tertiary/aromatic N) is 2. The number of ether oxygens (including phenoxy) is 2. The van der Waals surface area contributed by atoms with Crippen LogP contribution in [0, 0.1) is 0 Å². The van der Waals surface area contributed by atoms with Crippen molar-refractivity contribution in [1.82, 2.24) is 9.78 Å². The van der Waals surface area contributed by atoms with Crippen molar-refractivity contribution in [3.8, 4) is 22.8 Å². The van der Waals surface area contributed by atoms with Crippen LogP contribution in [0.3, 0.4) is 0 Å². The van der Waals surface area contributed by atoms with Crippen molar-refractivity contribution >= 4 is 11.6 Å². The third-order valence-corrected chi connectivity index (χ3v) is 4.29. The Bertz CT molecular complexity index is 1010. The summed E-state index contributed by atoms with van der Waals surface area (Å²) >= 11 is 0. The molecule has 1 atom stereocenters. The van der Waals surface area contributed by atoms with Gasteiger partial charge in [-0.05, 0) is 43.3 Å². The maximum atomic E-state index is 12.6. The van der Waals surface area contributed by atoms with Crippen LogP contribution in [0.1, 0.15) is 13.0 Å². The van der Waals surface area contributed by atoms with Crippen LogP contribution in [-0.2, 0) is 4.79 Å². The summed E-state index contributed by atoms with van der Waals surface area (Å²) < 4.78 is 11.6. The second kappa shape index (κ2) is 8.39. The molecule has 2 aromatic carbocycles. The molecular formula is C21H21N3O4. The predicted molar refractivity (Wildman–Crippen MR) is 107 cm³/mol. The first-order valence-electron chi connectivity index (χ1n) is 8.71. The Kier molecular flexibility index (Phi) is 5.74. The zero-order valence-electron chi connectivity index (χ0n) is 15.9. The van der Waals surface area contributed by atoms with E-state index >= 15 is 0 Å². The molecule has 0 aliphatic rings. The first kappa shape index (κ1) is 19.2. The molecule has 0 aliphatic carbocycles. The van der Waals surface area contributed by atoms with Gasteiger partial charge < -0.3 is 14.8 Å². The minimum Gasteiger partial charge on any atom is -0.497 e. The zero-order chi connectivity index (χ0) is 20.1. The Morgan fingerprint density at radius 2 is 1.71 bits per heavy atom. The van der Waals surface area contributed by atoms with Gasteiger partial charge in [0, 0.05) is 17.3 Å². The molecule has 1 aromatic heterocycles.